The molecule has 160 valence electrons. The Morgan fingerprint density at radius 1 is 1.20 bits per heavy atom. The van der Waals surface area contributed by atoms with Crippen molar-refractivity contribution in [3.8, 4) is 0 Å². The van der Waals surface area contributed by atoms with Crippen molar-refractivity contribution in [2.24, 2.45) is 5.92 Å². The summed E-state index contributed by atoms with van der Waals surface area (Å²) in [6.07, 6.45) is 5.59. The number of aromatic amines is 1. The average Bonchev–Trinajstić information content (AvgIpc) is 3.24. The van der Waals surface area contributed by atoms with E-state index in [0.29, 0.717) is 18.3 Å². The van der Waals surface area contributed by atoms with Gasteiger partial charge < -0.3 is 10.2 Å². The molecule has 2 fully saturated rings. The molecule has 0 spiro atoms. The van der Waals surface area contributed by atoms with Crippen LogP contribution in [0.1, 0.15) is 47.6 Å². The van der Waals surface area contributed by atoms with Crippen molar-refractivity contribution in [2.75, 3.05) is 26.2 Å². The Bertz CT molecular complexity index is 860. The Morgan fingerprint density at radius 3 is 2.73 bits per heavy atom. The lowest BCUT2D eigenvalue weighted by Crippen LogP contribution is -2.51. The summed E-state index contributed by atoms with van der Waals surface area (Å²) in [5, 5.41) is 9.97. The second-order valence-electron chi connectivity index (χ2n) is 8.33. The Labute approximate surface area is 177 Å². The lowest BCUT2D eigenvalue weighted by Gasteiger charge is -2.41. The number of pyridine rings is 1. The normalized spacial score (nSPS) is 20.8. The SMILES string of the molecule is Cc1cc(C(=O)N2CCC(N3CCC[C@H](C(=O)NCc4ccccn4)C3)CC2)n[nH]1. The molecule has 2 saturated heterocycles. The first-order chi connectivity index (χ1) is 14.6. The summed E-state index contributed by atoms with van der Waals surface area (Å²) < 4.78 is 0. The largest absolute Gasteiger partial charge is 0.350 e. The highest BCUT2D eigenvalue weighted by molar-refractivity contribution is 5.92. The van der Waals surface area contributed by atoms with Crippen molar-refractivity contribution in [3.05, 3.63) is 47.5 Å². The second-order valence-corrected chi connectivity index (χ2v) is 8.33. The lowest BCUT2D eigenvalue weighted by atomic mass is 9.93. The Morgan fingerprint density at radius 2 is 2.03 bits per heavy atom. The summed E-state index contributed by atoms with van der Waals surface area (Å²) in [6.45, 7) is 5.68. The van der Waals surface area contributed by atoms with Crippen LogP contribution in [-0.4, -0.2) is 69.0 Å². The van der Waals surface area contributed by atoms with Gasteiger partial charge in [0.25, 0.3) is 5.91 Å². The summed E-state index contributed by atoms with van der Waals surface area (Å²) in [4.78, 5) is 33.9. The van der Waals surface area contributed by atoms with Crippen molar-refractivity contribution in [2.45, 2.75) is 45.2 Å². The van der Waals surface area contributed by atoms with Gasteiger partial charge in [0.15, 0.2) is 0 Å². The van der Waals surface area contributed by atoms with Gasteiger partial charge in [-0.1, -0.05) is 6.07 Å². The van der Waals surface area contributed by atoms with Crippen molar-refractivity contribution in [3.63, 3.8) is 0 Å². The monoisotopic (exact) mass is 410 g/mol. The van der Waals surface area contributed by atoms with Crippen LogP contribution in [0.4, 0.5) is 0 Å². The first kappa shape index (κ1) is 20.5. The molecule has 2 aliphatic heterocycles. The molecule has 0 bridgehead atoms. The molecule has 0 unspecified atom stereocenters. The van der Waals surface area contributed by atoms with Gasteiger partial charge in [-0.25, -0.2) is 0 Å². The smallest absolute Gasteiger partial charge is 0.274 e. The maximum Gasteiger partial charge on any atom is 0.274 e. The van der Waals surface area contributed by atoms with Crippen LogP contribution in [-0.2, 0) is 11.3 Å². The number of H-pyrrole nitrogens is 1. The number of hydrogen-bond acceptors (Lipinski definition) is 5. The molecular weight excluding hydrogens is 380 g/mol. The minimum atomic E-state index is 0.00298. The van der Waals surface area contributed by atoms with Crippen LogP contribution >= 0.6 is 0 Å². The summed E-state index contributed by atoms with van der Waals surface area (Å²) in [5.41, 5.74) is 2.27. The van der Waals surface area contributed by atoms with Gasteiger partial charge in [-0.05, 0) is 57.4 Å². The molecule has 0 aromatic carbocycles. The third kappa shape index (κ3) is 4.87. The van der Waals surface area contributed by atoms with E-state index in [9.17, 15) is 9.59 Å². The quantitative estimate of drug-likeness (QED) is 0.783. The van der Waals surface area contributed by atoms with Crippen LogP contribution in [0.25, 0.3) is 0 Å². The Balaban J connectivity index is 1.26. The number of carbonyl (C=O) groups excluding carboxylic acids is 2. The molecule has 2 amide bonds. The number of nitrogens with one attached hydrogen (secondary N) is 2. The molecule has 8 nitrogen and oxygen atoms in total. The molecule has 30 heavy (non-hydrogen) atoms. The van der Waals surface area contributed by atoms with Gasteiger partial charge in [0.1, 0.15) is 5.69 Å². The van der Waals surface area contributed by atoms with Gasteiger partial charge in [-0.2, -0.15) is 5.10 Å². The maximum absolute atomic E-state index is 12.7. The average molecular weight is 411 g/mol. The molecule has 0 radical (unpaired) electrons. The Kier molecular flexibility index (Phi) is 6.42. The molecule has 0 saturated carbocycles. The van der Waals surface area contributed by atoms with E-state index in [1.165, 1.54) is 0 Å². The highest BCUT2D eigenvalue weighted by atomic mass is 16.2. The molecule has 1 atom stereocenters. The molecule has 4 heterocycles. The fourth-order valence-electron chi connectivity index (χ4n) is 4.50. The predicted molar refractivity (Wildman–Crippen MR) is 113 cm³/mol. The van der Waals surface area contributed by atoms with Crippen molar-refractivity contribution < 1.29 is 9.59 Å². The van der Waals surface area contributed by atoms with Crippen molar-refractivity contribution in [1.82, 2.24) is 30.3 Å². The number of aryl methyl sites for hydroxylation is 1. The number of likely N-dealkylation sites (tertiary alicyclic amines) is 2. The number of piperidine rings is 2. The zero-order chi connectivity index (χ0) is 20.9. The maximum atomic E-state index is 12.7. The summed E-state index contributed by atoms with van der Waals surface area (Å²) in [5.74, 6) is 0.143. The molecular formula is C22H30N6O2. The van der Waals surface area contributed by atoms with Gasteiger partial charge in [0.05, 0.1) is 18.2 Å². The zero-order valence-electron chi connectivity index (χ0n) is 17.5. The van der Waals surface area contributed by atoms with E-state index >= 15 is 0 Å². The molecule has 2 aromatic heterocycles. The number of carbonyl (C=O) groups is 2. The van der Waals surface area contributed by atoms with Gasteiger partial charge in [0.2, 0.25) is 5.91 Å². The minimum absolute atomic E-state index is 0.00298. The molecule has 4 rings (SSSR count). The van der Waals surface area contributed by atoms with Crippen LogP contribution in [0, 0.1) is 12.8 Å². The summed E-state index contributed by atoms with van der Waals surface area (Å²) in [7, 11) is 0. The number of rotatable bonds is 5. The van der Waals surface area contributed by atoms with E-state index in [-0.39, 0.29) is 17.7 Å². The first-order valence-corrected chi connectivity index (χ1v) is 10.8. The van der Waals surface area contributed by atoms with Crippen LogP contribution < -0.4 is 5.32 Å². The third-order valence-corrected chi connectivity index (χ3v) is 6.19. The van der Waals surface area contributed by atoms with Crippen LogP contribution in [0.5, 0.6) is 0 Å². The van der Waals surface area contributed by atoms with Crippen LogP contribution in [0.15, 0.2) is 30.5 Å². The standard InChI is InChI=1S/C22H30N6O2/c1-16-13-20(26-25-16)22(30)27-11-7-19(8-12-27)28-10-4-5-17(15-28)21(29)24-14-18-6-2-3-9-23-18/h2-3,6,9,13,17,19H,4-5,7-8,10-12,14-15H2,1H3,(H,24,29)(H,25,26)/t17-/m0/s1. The van der Waals surface area contributed by atoms with Gasteiger partial charge in [0, 0.05) is 37.6 Å². The van der Waals surface area contributed by atoms with E-state index in [0.717, 1.165) is 63.3 Å². The first-order valence-electron chi connectivity index (χ1n) is 10.8. The minimum Gasteiger partial charge on any atom is -0.350 e. The highest BCUT2D eigenvalue weighted by Crippen LogP contribution is 2.24. The fourth-order valence-corrected chi connectivity index (χ4v) is 4.50. The molecule has 2 N–H and O–H groups in total. The number of aromatic nitrogens is 3. The van der Waals surface area contributed by atoms with Crippen LogP contribution in [0.3, 0.4) is 0 Å². The number of hydrogen-bond donors (Lipinski definition) is 2. The van der Waals surface area contributed by atoms with Crippen molar-refractivity contribution in [1.29, 1.82) is 0 Å². The van der Waals surface area contributed by atoms with Crippen LogP contribution in [0.2, 0.25) is 0 Å². The van der Waals surface area contributed by atoms with E-state index in [1.54, 1.807) is 12.3 Å². The van der Waals surface area contributed by atoms with Gasteiger partial charge in [-0.15, -0.1) is 0 Å². The lowest BCUT2D eigenvalue weighted by molar-refractivity contribution is -0.127. The number of amides is 2. The topological polar surface area (TPSA) is 94.2 Å². The third-order valence-electron chi connectivity index (χ3n) is 6.19. The van der Waals surface area contributed by atoms with E-state index < -0.39 is 0 Å². The van der Waals surface area contributed by atoms with Gasteiger partial charge in [-0.3, -0.25) is 24.6 Å². The number of nitrogens with zero attached hydrogens (tertiary/aromatic N) is 4. The molecule has 0 aliphatic carbocycles. The van der Waals surface area contributed by atoms with Crippen molar-refractivity contribution >= 4 is 11.8 Å². The highest BCUT2D eigenvalue weighted by Gasteiger charge is 2.33. The molecule has 8 heteroatoms. The van der Waals surface area contributed by atoms with E-state index in [1.807, 2.05) is 30.0 Å². The second kappa shape index (κ2) is 9.38. The Hall–Kier alpha value is -2.74. The molecule has 2 aromatic rings. The van der Waals surface area contributed by atoms with Gasteiger partial charge >= 0.3 is 0 Å². The summed E-state index contributed by atoms with van der Waals surface area (Å²) >= 11 is 0. The summed E-state index contributed by atoms with van der Waals surface area (Å²) in [6, 6.07) is 7.96. The zero-order valence-corrected chi connectivity index (χ0v) is 17.5. The fraction of sp³-hybridized carbons (Fsp3) is 0.545. The van der Waals surface area contributed by atoms with E-state index in [4.69, 9.17) is 0 Å². The predicted octanol–water partition coefficient (Wildman–Crippen LogP) is 1.75. The molecule has 2 aliphatic rings. The van der Waals surface area contributed by atoms with E-state index in [2.05, 4.69) is 25.4 Å².